The molecule has 0 spiro atoms. The minimum Gasteiger partial charge on any atom is -0.462 e. The highest BCUT2D eigenvalue weighted by molar-refractivity contribution is 7.21. The maximum atomic E-state index is 12.9. The Morgan fingerprint density at radius 1 is 1.04 bits per heavy atom. The molecule has 0 atom stereocenters. The van der Waals surface area contributed by atoms with Crippen LogP contribution in [0.2, 0.25) is 0 Å². The van der Waals surface area contributed by atoms with Gasteiger partial charge in [-0.25, -0.2) is 4.79 Å². The number of hydrogen-bond donors (Lipinski definition) is 1. The van der Waals surface area contributed by atoms with E-state index in [0.29, 0.717) is 17.9 Å². The van der Waals surface area contributed by atoms with Gasteiger partial charge in [-0.05, 0) is 48.1 Å². The van der Waals surface area contributed by atoms with Crippen molar-refractivity contribution in [3.8, 4) is 0 Å². The zero-order chi connectivity index (χ0) is 19.2. The Bertz CT molecular complexity index is 961. The number of rotatable bonds is 7. The molecular formula is C22H23NO3S. The minimum atomic E-state index is -0.374. The summed E-state index contributed by atoms with van der Waals surface area (Å²) in [6.45, 7) is 4.44. The van der Waals surface area contributed by atoms with Crippen LogP contribution in [0.4, 0.5) is 5.69 Å². The molecule has 5 heteroatoms. The van der Waals surface area contributed by atoms with Crippen molar-refractivity contribution < 1.29 is 14.3 Å². The second kappa shape index (κ2) is 8.82. The smallest absolute Gasteiger partial charge is 0.338 e. The molecule has 0 radical (unpaired) electrons. The summed E-state index contributed by atoms with van der Waals surface area (Å²) in [6, 6.07) is 15.0. The van der Waals surface area contributed by atoms with E-state index in [1.54, 1.807) is 24.3 Å². The van der Waals surface area contributed by atoms with Gasteiger partial charge in [-0.3, -0.25) is 4.79 Å². The number of ether oxygens (including phenoxy) is 1. The van der Waals surface area contributed by atoms with Gasteiger partial charge in [0.25, 0.3) is 5.91 Å². The molecule has 1 amide bonds. The lowest BCUT2D eigenvalue weighted by Crippen LogP contribution is -2.13. The van der Waals surface area contributed by atoms with Gasteiger partial charge in [-0.15, -0.1) is 11.3 Å². The highest BCUT2D eigenvalue weighted by Crippen LogP contribution is 2.32. The standard InChI is InChI=1S/C22H23NO3S/c1-3-8-18-17-11-5-6-12-19(17)27-20(18)21(24)23-16-10-7-9-15(14-16)22(25)26-13-4-2/h5-7,9-12,14H,3-4,8,13H2,1-2H3,(H,23,24). The number of benzene rings is 2. The third kappa shape index (κ3) is 4.37. The number of anilines is 1. The van der Waals surface area contributed by atoms with Crippen LogP contribution in [0.3, 0.4) is 0 Å². The maximum Gasteiger partial charge on any atom is 0.338 e. The van der Waals surface area contributed by atoms with E-state index in [2.05, 4.69) is 18.3 Å². The Morgan fingerprint density at radius 2 is 1.85 bits per heavy atom. The molecule has 1 N–H and O–H groups in total. The molecule has 4 nitrogen and oxygen atoms in total. The number of esters is 1. The second-order valence-electron chi connectivity index (χ2n) is 6.33. The first-order valence-electron chi connectivity index (χ1n) is 9.23. The minimum absolute atomic E-state index is 0.140. The molecule has 2 aromatic carbocycles. The van der Waals surface area contributed by atoms with Crippen LogP contribution in [-0.2, 0) is 11.2 Å². The molecule has 0 saturated carbocycles. The second-order valence-corrected chi connectivity index (χ2v) is 7.38. The highest BCUT2D eigenvalue weighted by Gasteiger charge is 2.18. The SMILES string of the molecule is CCCOC(=O)c1cccc(NC(=O)c2sc3ccccc3c2CCC)c1. The molecule has 140 valence electrons. The summed E-state index contributed by atoms with van der Waals surface area (Å²) in [5.74, 6) is -0.514. The monoisotopic (exact) mass is 381 g/mol. The van der Waals surface area contributed by atoms with Crippen LogP contribution in [0.15, 0.2) is 48.5 Å². The average molecular weight is 381 g/mol. The summed E-state index contributed by atoms with van der Waals surface area (Å²) in [6.07, 6.45) is 2.60. The Morgan fingerprint density at radius 3 is 2.63 bits per heavy atom. The fourth-order valence-corrected chi connectivity index (χ4v) is 4.12. The van der Waals surface area contributed by atoms with Crippen LogP contribution in [0, 0.1) is 0 Å². The summed E-state index contributed by atoms with van der Waals surface area (Å²) >= 11 is 1.51. The average Bonchev–Trinajstić information content (AvgIpc) is 3.05. The summed E-state index contributed by atoms with van der Waals surface area (Å²) in [5.41, 5.74) is 2.12. The molecule has 0 unspecified atom stereocenters. The van der Waals surface area contributed by atoms with Crippen molar-refractivity contribution in [2.24, 2.45) is 0 Å². The highest BCUT2D eigenvalue weighted by atomic mass is 32.1. The lowest BCUT2D eigenvalue weighted by Gasteiger charge is -2.08. The van der Waals surface area contributed by atoms with Crippen molar-refractivity contribution in [3.63, 3.8) is 0 Å². The molecule has 0 aliphatic heterocycles. The predicted molar refractivity (Wildman–Crippen MR) is 111 cm³/mol. The van der Waals surface area contributed by atoms with Gasteiger partial charge < -0.3 is 10.1 Å². The van der Waals surface area contributed by atoms with E-state index >= 15 is 0 Å². The van der Waals surface area contributed by atoms with Gasteiger partial charge in [0.1, 0.15) is 0 Å². The van der Waals surface area contributed by atoms with E-state index in [9.17, 15) is 9.59 Å². The Balaban J connectivity index is 1.84. The number of amides is 1. The van der Waals surface area contributed by atoms with E-state index in [1.807, 2.05) is 25.1 Å². The van der Waals surface area contributed by atoms with E-state index in [4.69, 9.17) is 4.74 Å². The van der Waals surface area contributed by atoms with Crippen LogP contribution in [0.1, 0.15) is 52.3 Å². The van der Waals surface area contributed by atoms with Gasteiger partial charge >= 0.3 is 5.97 Å². The summed E-state index contributed by atoms with van der Waals surface area (Å²) < 4.78 is 6.28. The van der Waals surface area contributed by atoms with Crippen molar-refractivity contribution in [3.05, 3.63) is 64.5 Å². The first-order valence-corrected chi connectivity index (χ1v) is 10.0. The van der Waals surface area contributed by atoms with Crippen LogP contribution in [-0.4, -0.2) is 18.5 Å². The number of hydrogen-bond acceptors (Lipinski definition) is 4. The van der Waals surface area contributed by atoms with Gasteiger partial charge in [0.05, 0.1) is 17.0 Å². The van der Waals surface area contributed by atoms with Crippen LogP contribution in [0.5, 0.6) is 0 Å². The molecule has 1 heterocycles. The number of carbonyl (C=O) groups is 2. The topological polar surface area (TPSA) is 55.4 Å². The van der Waals surface area contributed by atoms with E-state index in [0.717, 1.165) is 39.8 Å². The Kier molecular flexibility index (Phi) is 6.24. The molecule has 0 saturated heterocycles. The lowest BCUT2D eigenvalue weighted by molar-refractivity contribution is 0.0505. The summed E-state index contributed by atoms with van der Waals surface area (Å²) in [5, 5.41) is 4.08. The molecule has 1 aromatic heterocycles. The van der Waals surface area contributed by atoms with Crippen LogP contribution in [0.25, 0.3) is 10.1 Å². The van der Waals surface area contributed by atoms with Crippen molar-refractivity contribution >= 4 is 39.0 Å². The van der Waals surface area contributed by atoms with E-state index < -0.39 is 0 Å². The van der Waals surface area contributed by atoms with Gasteiger partial charge in [-0.2, -0.15) is 0 Å². The van der Waals surface area contributed by atoms with Crippen molar-refractivity contribution in [1.29, 1.82) is 0 Å². The molecule has 27 heavy (non-hydrogen) atoms. The number of thiophene rings is 1. The molecule has 0 fully saturated rings. The predicted octanol–water partition coefficient (Wildman–Crippen LogP) is 5.67. The number of aryl methyl sites for hydroxylation is 1. The molecule has 0 bridgehead atoms. The summed E-state index contributed by atoms with van der Waals surface area (Å²) in [7, 11) is 0. The first kappa shape index (κ1) is 19.1. The quantitative estimate of drug-likeness (QED) is 0.536. The largest absolute Gasteiger partial charge is 0.462 e. The zero-order valence-electron chi connectivity index (χ0n) is 15.6. The van der Waals surface area contributed by atoms with Crippen LogP contribution < -0.4 is 5.32 Å². The molecule has 0 aliphatic rings. The van der Waals surface area contributed by atoms with Gasteiger partial charge in [-0.1, -0.05) is 44.5 Å². The maximum absolute atomic E-state index is 12.9. The number of nitrogens with one attached hydrogen (secondary N) is 1. The van der Waals surface area contributed by atoms with E-state index in [1.165, 1.54) is 11.3 Å². The van der Waals surface area contributed by atoms with Crippen LogP contribution >= 0.6 is 11.3 Å². The van der Waals surface area contributed by atoms with Crippen molar-refractivity contribution in [1.82, 2.24) is 0 Å². The molecule has 3 aromatic rings. The van der Waals surface area contributed by atoms with Gasteiger partial charge in [0.2, 0.25) is 0 Å². The third-order valence-electron chi connectivity index (χ3n) is 4.20. The summed E-state index contributed by atoms with van der Waals surface area (Å²) in [4.78, 5) is 25.7. The number of carbonyl (C=O) groups excluding carboxylic acids is 2. The molecule has 3 rings (SSSR count). The van der Waals surface area contributed by atoms with Crippen molar-refractivity contribution in [2.75, 3.05) is 11.9 Å². The fraction of sp³-hybridized carbons (Fsp3) is 0.273. The van der Waals surface area contributed by atoms with Gasteiger partial charge in [0, 0.05) is 10.4 Å². The number of fused-ring (bicyclic) bond motifs is 1. The first-order chi connectivity index (χ1) is 13.1. The Hall–Kier alpha value is -2.66. The third-order valence-corrected chi connectivity index (χ3v) is 5.41. The zero-order valence-corrected chi connectivity index (χ0v) is 16.4. The van der Waals surface area contributed by atoms with Gasteiger partial charge in [0.15, 0.2) is 0 Å². The lowest BCUT2D eigenvalue weighted by atomic mass is 10.1. The Labute approximate surface area is 163 Å². The normalized spacial score (nSPS) is 10.7. The van der Waals surface area contributed by atoms with Crippen molar-refractivity contribution in [2.45, 2.75) is 33.1 Å². The fourth-order valence-electron chi connectivity index (χ4n) is 2.97. The molecular weight excluding hydrogens is 358 g/mol. The molecule has 0 aliphatic carbocycles. The van der Waals surface area contributed by atoms with E-state index in [-0.39, 0.29) is 11.9 Å².